The van der Waals surface area contributed by atoms with Crippen molar-refractivity contribution in [2.75, 3.05) is 20.5 Å². The van der Waals surface area contributed by atoms with Crippen molar-refractivity contribution in [2.24, 2.45) is 5.73 Å². The topological polar surface area (TPSA) is 96.0 Å². The van der Waals surface area contributed by atoms with E-state index in [1.54, 1.807) is 18.2 Å². The fourth-order valence-electron chi connectivity index (χ4n) is 3.35. The third-order valence-corrected chi connectivity index (χ3v) is 5.18. The Labute approximate surface area is 175 Å². The Balaban J connectivity index is 1.89. The summed E-state index contributed by atoms with van der Waals surface area (Å²) in [6.45, 7) is 0.214. The molecule has 2 aliphatic heterocycles. The average Bonchev–Trinajstić information content (AvgIpc) is 3.17. The maximum absolute atomic E-state index is 9.77. The molecule has 0 aromatic heterocycles. The lowest BCUT2D eigenvalue weighted by Gasteiger charge is -2.27. The van der Waals surface area contributed by atoms with E-state index in [1.165, 1.54) is 7.11 Å². The number of nitrogens with two attached hydrogens (primary N) is 1. The summed E-state index contributed by atoms with van der Waals surface area (Å²) in [4.78, 5) is 0. The first kappa shape index (κ1) is 18.9. The van der Waals surface area contributed by atoms with Gasteiger partial charge in [-0.3, -0.25) is 0 Å². The van der Waals surface area contributed by atoms with Crippen LogP contribution < -0.4 is 29.4 Å². The molecule has 0 saturated carbocycles. The average molecular weight is 455 g/mol. The molecule has 0 spiro atoms. The Hall–Kier alpha value is -3.49. The maximum Gasteiger partial charge on any atom is 0.231 e. The summed E-state index contributed by atoms with van der Waals surface area (Å²) in [6.07, 6.45) is 5.29. The van der Waals surface area contributed by atoms with Gasteiger partial charge in [0.15, 0.2) is 23.0 Å². The number of hydrogen-bond acceptors (Lipinski definition) is 7. The lowest BCUT2D eigenvalue weighted by atomic mass is 9.83. The van der Waals surface area contributed by atoms with Crippen LogP contribution in [0, 0.1) is 23.7 Å². The summed E-state index contributed by atoms with van der Waals surface area (Å²) in [6, 6.07) is 9.29. The number of methoxy groups -OCH3 is 1. The minimum absolute atomic E-state index is 0.0339. The highest BCUT2D eigenvalue weighted by Crippen LogP contribution is 2.49. The molecule has 0 radical (unpaired) electrons. The third kappa shape index (κ3) is 3.18. The molecule has 0 unspecified atom stereocenters. The molecule has 0 fully saturated rings. The Morgan fingerprint density at radius 3 is 2.69 bits per heavy atom. The number of allylic oxidation sites excluding steroid dienone is 1. The monoisotopic (exact) mass is 454 g/mol. The van der Waals surface area contributed by atoms with Gasteiger partial charge in [-0.1, -0.05) is 5.92 Å². The van der Waals surface area contributed by atoms with E-state index in [0.717, 1.165) is 11.1 Å². The fraction of sp³-hybridized carbons (Fsp3) is 0.190. The molecule has 146 valence electrons. The second-order valence-electron chi connectivity index (χ2n) is 6.20. The van der Waals surface area contributed by atoms with Crippen molar-refractivity contribution >= 4 is 15.9 Å². The van der Waals surface area contributed by atoms with Crippen LogP contribution in [0.5, 0.6) is 28.7 Å². The molecular formula is C21H15BrN2O5. The number of nitriles is 1. The maximum atomic E-state index is 9.77. The number of terminal acetylenes is 1. The number of benzene rings is 2. The zero-order valence-electron chi connectivity index (χ0n) is 15.3. The van der Waals surface area contributed by atoms with Crippen LogP contribution in [0.3, 0.4) is 0 Å². The first-order valence-electron chi connectivity index (χ1n) is 8.52. The van der Waals surface area contributed by atoms with Crippen LogP contribution in [0.25, 0.3) is 0 Å². The molecule has 2 aromatic carbocycles. The van der Waals surface area contributed by atoms with Crippen LogP contribution in [0.4, 0.5) is 0 Å². The van der Waals surface area contributed by atoms with E-state index in [-0.39, 0.29) is 24.9 Å². The minimum Gasteiger partial charge on any atom is -0.493 e. The largest absolute Gasteiger partial charge is 0.493 e. The van der Waals surface area contributed by atoms with Gasteiger partial charge in [-0.25, -0.2) is 0 Å². The molecule has 8 heteroatoms. The number of hydrogen-bond donors (Lipinski definition) is 1. The van der Waals surface area contributed by atoms with Crippen molar-refractivity contribution in [3.63, 3.8) is 0 Å². The Morgan fingerprint density at radius 2 is 2.00 bits per heavy atom. The highest BCUT2D eigenvalue weighted by atomic mass is 79.9. The molecule has 29 heavy (non-hydrogen) atoms. The summed E-state index contributed by atoms with van der Waals surface area (Å²) in [5.74, 6) is 4.54. The quantitative estimate of drug-likeness (QED) is 0.706. The van der Waals surface area contributed by atoms with Gasteiger partial charge in [0.05, 0.1) is 17.5 Å². The van der Waals surface area contributed by atoms with Crippen LogP contribution in [0.15, 0.2) is 40.2 Å². The lowest BCUT2D eigenvalue weighted by molar-refractivity contribution is 0.174. The van der Waals surface area contributed by atoms with Gasteiger partial charge in [0.1, 0.15) is 24.0 Å². The molecule has 2 heterocycles. The van der Waals surface area contributed by atoms with E-state index < -0.39 is 5.92 Å². The number of ether oxygens (including phenoxy) is 5. The van der Waals surface area contributed by atoms with Crippen molar-refractivity contribution in [2.45, 2.75) is 5.92 Å². The highest BCUT2D eigenvalue weighted by Gasteiger charge is 2.34. The zero-order valence-corrected chi connectivity index (χ0v) is 16.9. The van der Waals surface area contributed by atoms with Gasteiger partial charge in [-0.15, -0.1) is 6.42 Å². The van der Waals surface area contributed by atoms with Gasteiger partial charge in [0.25, 0.3) is 0 Å². The molecule has 2 N–H and O–H groups in total. The van der Waals surface area contributed by atoms with Crippen LogP contribution >= 0.6 is 15.9 Å². The molecule has 0 amide bonds. The van der Waals surface area contributed by atoms with E-state index >= 15 is 0 Å². The predicted octanol–water partition coefficient (Wildman–Crippen LogP) is 3.42. The van der Waals surface area contributed by atoms with Crippen molar-refractivity contribution in [1.82, 2.24) is 0 Å². The SMILES string of the molecule is C#CCOc1c(Br)cc([C@@H]2C(C#N)=C(N)Oc3cc4c(cc32)OCO4)cc1OC. The summed E-state index contributed by atoms with van der Waals surface area (Å²) in [5.41, 5.74) is 7.82. The van der Waals surface area contributed by atoms with Gasteiger partial charge in [-0.05, 0) is 39.7 Å². The number of nitrogens with zero attached hydrogens (tertiary/aromatic N) is 1. The molecule has 0 bridgehead atoms. The normalized spacial score (nSPS) is 16.3. The number of rotatable bonds is 4. The van der Waals surface area contributed by atoms with E-state index in [2.05, 4.69) is 27.9 Å². The summed E-state index contributed by atoms with van der Waals surface area (Å²) < 4.78 is 28.3. The van der Waals surface area contributed by atoms with Gasteiger partial charge in [0, 0.05) is 11.6 Å². The van der Waals surface area contributed by atoms with Crippen molar-refractivity contribution in [3.05, 3.63) is 51.3 Å². The minimum atomic E-state index is -0.495. The molecular weight excluding hydrogens is 440 g/mol. The Morgan fingerprint density at radius 1 is 1.24 bits per heavy atom. The first-order valence-corrected chi connectivity index (χ1v) is 9.31. The van der Waals surface area contributed by atoms with Gasteiger partial charge < -0.3 is 29.4 Å². The molecule has 1 atom stereocenters. The first-order chi connectivity index (χ1) is 14.1. The van der Waals surface area contributed by atoms with Crippen molar-refractivity contribution < 1.29 is 23.7 Å². The smallest absolute Gasteiger partial charge is 0.231 e. The molecule has 2 aromatic rings. The molecule has 7 nitrogen and oxygen atoms in total. The number of fused-ring (bicyclic) bond motifs is 2. The van der Waals surface area contributed by atoms with E-state index in [9.17, 15) is 5.26 Å². The van der Waals surface area contributed by atoms with E-state index in [0.29, 0.717) is 33.2 Å². The standard InChI is InChI=1S/C21H15BrN2O5/c1-3-4-26-20-14(22)5-11(6-18(20)25-2)19-12-7-16-17(28-10-27-16)8-15(12)29-21(24)13(19)9-23/h1,5-8,19H,4,10,24H2,2H3/t19-/m0/s1. The fourth-order valence-corrected chi connectivity index (χ4v) is 3.92. The van der Waals surface area contributed by atoms with Crippen molar-refractivity contribution in [3.8, 4) is 47.2 Å². The van der Waals surface area contributed by atoms with Gasteiger partial charge in [-0.2, -0.15) is 5.26 Å². The number of halogens is 1. The zero-order chi connectivity index (χ0) is 20.5. The third-order valence-electron chi connectivity index (χ3n) is 4.60. The second-order valence-corrected chi connectivity index (χ2v) is 7.05. The van der Waals surface area contributed by atoms with Crippen molar-refractivity contribution in [1.29, 1.82) is 5.26 Å². The summed E-state index contributed by atoms with van der Waals surface area (Å²) in [5, 5.41) is 9.77. The van der Waals surface area contributed by atoms with E-state index in [1.807, 2.05) is 6.07 Å². The summed E-state index contributed by atoms with van der Waals surface area (Å²) in [7, 11) is 1.53. The highest BCUT2D eigenvalue weighted by molar-refractivity contribution is 9.10. The molecule has 4 rings (SSSR count). The second kappa shape index (κ2) is 7.50. The summed E-state index contributed by atoms with van der Waals surface area (Å²) >= 11 is 3.50. The van der Waals surface area contributed by atoms with Crippen LogP contribution in [-0.2, 0) is 0 Å². The lowest BCUT2D eigenvalue weighted by Crippen LogP contribution is -2.21. The van der Waals surface area contributed by atoms with Crippen LogP contribution in [-0.4, -0.2) is 20.5 Å². The van der Waals surface area contributed by atoms with Gasteiger partial charge >= 0.3 is 0 Å². The molecule has 0 aliphatic carbocycles. The molecule has 2 aliphatic rings. The Bertz CT molecular complexity index is 1110. The van der Waals surface area contributed by atoms with Gasteiger partial charge in [0.2, 0.25) is 12.7 Å². The van der Waals surface area contributed by atoms with Crippen LogP contribution in [0.1, 0.15) is 17.0 Å². The predicted molar refractivity (Wildman–Crippen MR) is 107 cm³/mol. The van der Waals surface area contributed by atoms with Crippen LogP contribution in [0.2, 0.25) is 0 Å². The van der Waals surface area contributed by atoms with E-state index in [4.69, 9.17) is 35.8 Å². The Kier molecular flexibility index (Phi) is 4.87. The molecule has 0 saturated heterocycles.